The molecular formula is C17H20N2O4S2. The molecule has 1 amide bonds. The van der Waals surface area contributed by atoms with Crippen molar-refractivity contribution in [3.63, 3.8) is 0 Å². The molecule has 134 valence electrons. The van der Waals surface area contributed by atoms with Crippen LogP contribution in [-0.4, -0.2) is 38.8 Å². The molecule has 25 heavy (non-hydrogen) atoms. The fourth-order valence-corrected chi connectivity index (χ4v) is 5.67. The fourth-order valence-electron chi connectivity index (χ4n) is 2.84. The summed E-state index contributed by atoms with van der Waals surface area (Å²) in [5.41, 5.74) is 0.832. The summed E-state index contributed by atoms with van der Waals surface area (Å²) >= 11 is 1.14. The van der Waals surface area contributed by atoms with Crippen LogP contribution in [-0.2, 0) is 16.6 Å². The average molecular weight is 380 g/mol. The number of methoxy groups -OCH3 is 1. The number of benzene rings is 1. The van der Waals surface area contributed by atoms with Crippen LogP contribution in [0.3, 0.4) is 0 Å². The summed E-state index contributed by atoms with van der Waals surface area (Å²) in [6, 6.07) is 8.89. The van der Waals surface area contributed by atoms with Crippen LogP contribution >= 0.6 is 11.3 Å². The molecule has 0 spiro atoms. The van der Waals surface area contributed by atoms with Crippen molar-refractivity contribution in [3.8, 4) is 5.75 Å². The Bertz CT molecular complexity index is 855. The highest BCUT2D eigenvalue weighted by Crippen LogP contribution is 2.27. The molecule has 1 aromatic heterocycles. The summed E-state index contributed by atoms with van der Waals surface area (Å²) < 4.78 is 32.2. The smallest absolute Gasteiger partial charge is 0.263 e. The van der Waals surface area contributed by atoms with Crippen molar-refractivity contribution < 1.29 is 17.9 Å². The number of thiophene rings is 1. The Labute approximate surface area is 151 Å². The van der Waals surface area contributed by atoms with Gasteiger partial charge in [-0.2, -0.15) is 4.31 Å². The lowest BCUT2D eigenvalue weighted by atomic mass is 10.2. The minimum Gasteiger partial charge on any atom is -0.496 e. The second-order valence-corrected chi connectivity index (χ2v) is 8.54. The molecule has 0 unspecified atom stereocenters. The highest BCUT2D eigenvalue weighted by atomic mass is 32.2. The van der Waals surface area contributed by atoms with Gasteiger partial charge in [-0.1, -0.05) is 18.2 Å². The predicted octanol–water partition coefficient (Wildman–Crippen LogP) is 2.47. The van der Waals surface area contributed by atoms with Gasteiger partial charge in [0.2, 0.25) is 10.0 Å². The number of nitrogens with one attached hydrogen (secondary N) is 1. The molecule has 0 saturated carbocycles. The van der Waals surface area contributed by atoms with Gasteiger partial charge in [-0.05, 0) is 30.4 Å². The zero-order valence-electron chi connectivity index (χ0n) is 13.9. The van der Waals surface area contributed by atoms with Gasteiger partial charge in [0.25, 0.3) is 5.91 Å². The van der Waals surface area contributed by atoms with Crippen molar-refractivity contribution in [3.05, 3.63) is 46.2 Å². The molecule has 1 fully saturated rings. The minimum absolute atomic E-state index is 0.0944. The number of carbonyl (C=O) groups is 1. The lowest BCUT2D eigenvalue weighted by molar-refractivity contribution is 0.0951. The first-order valence-electron chi connectivity index (χ1n) is 8.02. The van der Waals surface area contributed by atoms with Gasteiger partial charge in [0, 0.05) is 25.2 Å². The van der Waals surface area contributed by atoms with Crippen LogP contribution in [0.4, 0.5) is 0 Å². The molecule has 1 aromatic carbocycles. The number of ether oxygens (including phenoxy) is 1. The summed E-state index contributed by atoms with van der Waals surface area (Å²) in [5.74, 6) is 0.289. The van der Waals surface area contributed by atoms with Gasteiger partial charge in [0.05, 0.1) is 7.11 Å². The number of amides is 1. The number of hydrogen-bond acceptors (Lipinski definition) is 5. The Morgan fingerprint density at radius 1 is 1.24 bits per heavy atom. The van der Waals surface area contributed by atoms with E-state index < -0.39 is 15.9 Å². The van der Waals surface area contributed by atoms with E-state index in [1.165, 1.54) is 10.4 Å². The Morgan fingerprint density at radius 3 is 2.68 bits per heavy atom. The van der Waals surface area contributed by atoms with Crippen LogP contribution in [0, 0.1) is 0 Å². The molecule has 2 heterocycles. The van der Waals surface area contributed by atoms with Crippen molar-refractivity contribution in [2.75, 3.05) is 20.2 Å². The van der Waals surface area contributed by atoms with Gasteiger partial charge in [0.1, 0.15) is 15.5 Å². The maximum Gasteiger partial charge on any atom is 0.263 e. The van der Waals surface area contributed by atoms with E-state index in [0.29, 0.717) is 18.8 Å². The minimum atomic E-state index is -3.61. The van der Waals surface area contributed by atoms with E-state index in [4.69, 9.17) is 4.74 Å². The summed E-state index contributed by atoms with van der Waals surface area (Å²) in [5, 5.41) is 4.43. The molecule has 0 bridgehead atoms. The van der Waals surface area contributed by atoms with Gasteiger partial charge in [0.15, 0.2) is 0 Å². The molecule has 6 nitrogen and oxygen atoms in total. The number of nitrogens with zero attached hydrogens (tertiary/aromatic N) is 1. The monoisotopic (exact) mass is 380 g/mol. The summed E-state index contributed by atoms with van der Waals surface area (Å²) in [6.07, 6.45) is 1.72. The molecule has 1 aliphatic heterocycles. The van der Waals surface area contributed by atoms with Crippen molar-refractivity contribution in [2.45, 2.75) is 24.3 Å². The van der Waals surface area contributed by atoms with Crippen LogP contribution < -0.4 is 10.1 Å². The Kier molecular flexibility index (Phi) is 5.41. The third-order valence-corrected chi connectivity index (χ3v) is 7.13. The molecule has 1 N–H and O–H groups in total. The van der Waals surface area contributed by atoms with E-state index >= 15 is 0 Å². The standard InChI is InChI=1S/C17H20N2O4S2/c1-23-14-7-3-2-6-13(14)12-18-17(20)16-15(8-11-24-16)25(21,22)19-9-4-5-10-19/h2-3,6-8,11H,4-5,9-10,12H2,1H3,(H,18,20). The summed E-state index contributed by atoms with van der Waals surface area (Å²) in [6.45, 7) is 1.30. The van der Waals surface area contributed by atoms with E-state index in [1.807, 2.05) is 24.3 Å². The first-order chi connectivity index (χ1) is 12.0. The Morgan fingerprint density at radius 2 is 1.96 bits per heavy atom. The first-order valence-corrected chi connectivity index (χ1v) is 10.3. The third-order valence-electron chi connectivity index (χ3n) is 4.15. The van der Waals surface area contributed by atoms with Gasteiger partial charge in [-0.25, -0.2) is 8.42 Å². The SMILES string of the molecule is COc1ccccc1CNC(=O)c1sccc1S(=O)(=O)N1CCCC1. The second-order valence-electron chi connectivity index (χ2n) is 5.72. The third kappa shape index (κ3) is 3.70. The topological polar surface area (TPSA) is 75.7 Å². The van der Waals surface area contributed by atoms with E-state index in [-0.39, 0.29) is 16.3 Å². The van der Waals surface area contributed by atoms with E-state index in [2.05, 4.69) is 5.32 Å². The van der Waals surface area contributed by atoms with Gasteiger partial charge >= 0.3 is 0 Å². The zero-order valence-corrected chi connectivity index (χ0v) is 15.5. The van der Waals surface area contributed by atoms with Crippen LogP contribution in [0.2, 0.25) is 0 Å². The highest BCUT2D eigenvalue weighted by Gasteiger charge is 2.31. The molecule has 1 aliphatic rings. The normalized spacial score (nSPS) is 15.2. The lowest BCUT2D eigenvalue weighted by Crippen LogP contribution is -2.30. The van der Waals surface area contributed by atoms with E-state index in [0.717, 1.165) is 29.7 Å². The van der Waals surface area contributed by atoms with Crippen molar-refractivity contribution >= 4 is 27.3 Å². The number of carbonyl (C=O) groups excluding carboxylic acids is 1. The molecule has 2 aromatic rings. The molecule has 3 rings (SSSR count). The second kappa shape index (κ2) is 7.55. The van der Waals surface area contributed by atoms with Crippen LogP contribution in [0.15, 0.2) is 40.6 Å². The van der Waals surface area contributed by atoms with Crippen molar-refractivity contribution in [2.24, 2.45) is 0 Å². The van der Waals surface area contributed by atoms with Crippen molar-refractivity contribution in [1.82, 2.24) is 9.62 Å². The van der Waals surface area contributed by atoms with E-state index in [1.54, 1.807) is 12.5 Å². The predicted molar refractivity (Wildman–Crippen MR) is 96.5 cm³/mol. The number of para-hydroxylation sites is 1. The molecule has 0 radical (unpaired) electrons. The number of sulfonamides is 1. The van der Waals surface area contributed by atoms with Gasteiger partial charge < -0.3 is 10.1 Å². The van der Waals surface area contributed by atoms with Crippen LogP contribution in [0.25, 0.3) is 0 Å². The maximum absolute atomic E-state index is 12.7. The molecule has 0 atom stereocenters. The summed E-state index contributed by atoms with van der Waals surface area (Å²) in [7, 11) is -2.04. The first kappa shape index (κ1) is 17.9. The molecular weight excluding hydrogens is 360 g/mol. The largest absolute Gasteiger partial charge is 0.496 e. The Hall–Kier alpha value is -1.90. The highest BCUT2D eigenvalue weighted by molar-refractivity contribution is 7.89. The van der Waals surface area contributed by atoms with Crippen LogP contribution in [0.1, 0.15) is 28.1 Å². The molecule has 8 heteroatoms. The fraction of sp³-hybridized carbons (Fsp3) is 0.353. The Balaban J connectivity index is 1.77. The quantitative estimate of drug-likeness (QED) is 0.835. The van der Waals surface area contributed by atoms with Gasteiger partial charge in [-0.3, -0.25) is 4.79 Å². The summed E-state index contributed by atoms with van der Waals surface area (Å²) in [4.78, 5) is 12.9. The number of rotatable bonds is 6. The number of hydrogen-bond donors (Lipinski definition) is 1. The molecule has 1 saturated heterocycles. The maximum atomic E-state index is 12.7. The van der Waals surface area contributed by atoms with Gasteiger partial charge in [-0.15, -0.1) is 11.3 Å². The van der Waals surface area contributed by atoms with Crippen LogP contribution in [0.5, 0.6) is 5.75 Å². The van der Waals surface area contributed by atoms with E-state index in [9.17, 15) is 13.2 Å². The van der Waals surface area contributed by atoms with Crippen molar-refractivity contribution in [1.29, 1.82) is 0 Å². The average Bonchev–Trinajstić information content (AvgIpc) is 3.31. The molecule has 0 aliphatic carbocycles. The zero-order chi connectivity index (χ0) is 17.9. The lowest BCUT2D eigenvalue weighted by Gasteiger charge is -2.15.